The van der Waals surface area contributed by atoms with Crippen molar-refractivity contribution in [1.29, 1.82) is 0 Å². The van der Waals surface area contributed by atoms with E-state index >= 15 is 0 Å². The molecule has 7 heteroatoms. The van der Waals surface area contributed by atoms with Crippen molar-refractivity contribution in [2.24, 2.45) is 0 Å². The Labute approximate surface area is 170 Å². The number of likely N-dealkylation sites (tertiary alicyclic amines) is 1. The highest BCUT2D eigenvalue weighted by Crippen LogP contribution is 2.34. The molecule has 1 atom stereocenters. The van der Waals surface area contributed by atoms with Crippen molar-refractivity contribution in [2.45, 2.75) is 64.0 Å². The molecule has 1 aliphatic carbocycles. The number of para-hydroxylation sites is 1. The van der Waals surface area contributed by atoms with E-state index in [0.29, 0.717) is 6.04 Å². The zero-order chi connectivity index (χ0) is 19.8. The second kappa shape index (κ2) is 7.71. The average Bonchev–Trinajstić information content (AvgIpc) is 3.42. The van der Waals surface area contributed by atoms with E-state index in [0.717, 1.165) is 66.6 Å². The fourth-order valence-electron chi connectivity index (χ4n) is 5.07. The lowest BCUT2D eigenvalue weighted by atomic mass is 9.99. The summed E-state index contributed by atoms with van der Waals surface area (Å²) in [6.45, 7) is 3.96. The monoisotopic (exact) mass is 392 g/mol. The molecule has 5 rings (SSSR count). The number of aromatic nitrogens is 5. The molecular formula is C22H28N6O. The van der Waals surface area contributed by atoms with Crippen molar-refractivity contribution in [3.05, 3.63) is 51.6 Å². The molecule has 0 spiro atoms. The normalized spacial score (nSPS) is 19.8. The number of pyridine rings is 1. The van der Waals surface area contributed by atoms with Gasteiger partial charge < -0.3 is 4.98 Å². The fourth-order valence-corrected chi connectivity index (χ4v) is 5.07. The van der Waals surface area contributed by atoms with Gasteiger partial charge in [0.2, 0.25) is 0 Å². The van der Waals surface area contributed by atoms with Gasteiger partial charge in [-0.3, -0.25) is 9.69 Å². The first-order chi connectivity index (χ1) is 14.2. The van der Waals surface area contributed by atoms with Crippen LogP contribution in [0.5, 0.6) is 0 Å². The van der Waals surface area contributed by atoms with Gasteiger partial charge in [-0.05, 0) is 73.1 Å². The van der Waals surface area contributed by atoms with Crippen LogP contribution >= 0.6 is 0 Å². The largest absolute Gasteiger partial charge is 0.321 e. The molecule has 7 nitrogen and oxygen atoms in total. The maximum Gasteiger partial charge on any atom is 0.253 e. The van der Waals surface area contributed by atoms with Crippen LogP contribution in [-0.4, -0.2) is 43.2 Å². The molecule has 152 valence electrons. The van der Waals surface area contributed by atoms with Crippen molar-refractivity contribution in [3.63, 3.8) is 0 Å². The Hall–Kier alpha value is -2.54. The molecule has 2 aliphatic rings. The molecular weight excluding hydrogens is 364 g/mol. The summed E-state index contributed by atoms with van der Waals surface area (Å²) in [6, 6.07) is 8.32. The number of hydrogen-bond donors (Lipinski definition) is 1. The van der Waals surface area contributed by atoms with Gasteiger partial charge in [0.05, 0.1) is 11.6 Å². The molecule has 3 heterocycles. The van der Waals surface area contributed by atoms with Crippen LogP contribution in [0.4, 0.5) is 0 Å². The summed E-state index contributed by atoms with van der Waals surface area (Å²) in [5.74, 6) is 0.816. The fraction of sp³-hybridized carbons (Fsp3) is 0.545. The third-order valence-corrected chi connectivity index (χ3v) is 6.60. The highest BCUT2D eigenvalue weighted by atomic mass is 16.1. The Morgan fingerprint density at radius 2 is 1.90 bits per heavy atom. The van der Waals surface area contributed by atoms with Gasteiger partial charge in [0.15, 0.2) is 5.82 Å². The highest BCUT2D eigenvalue weighted by molar-refractivity contribution is 5.82. The molecule has 2 fully saturated rings. The number of nitrogens with zero attached hydrogens (tertiary/aromatic N) is 5. The summed E-state index contributed by atoms with van der Waals surface area (Å²) in [5.41, 5.74) is 2.70. The lowest BCUT2D eigenvalue weighted by molar-refractivity contribution is 0.174. The molecule has 3 aromatic rings. The molecule has 0 amide bonds. The van der Waals surface area contributed by atoms with E-state index in [1.54, 1.807) is 0 Å². The maximum absolute atomic E-state index is 13.2. The highest BCUT2D eigenvalue weighted by Gasteiger charge is 2.33. The Kier molecular flexibility index (Phi) is 4.91. The molecule has 1 saturated heterocycles. The number of aromatic amines is 1. The van der Waals surface area contributed by atoms with E-state index < -0.39 is 0 Å². The van der Waals surface area contributed by atoms with Crippen molar-refractivity contribution in [1.82, 2.24) is 30.1 Å². The lowest BCUT2D eigenvalue weighted by Crippen LogP contribution is -2.38. The average molecular weight is 393 g/mol. The summed E-state index contributed by atoms with van der Waals surface area (Å²) in [4.78, 5) is 18.8. The number of fused-ring (bicyclic) bond motifs is 1. The van der Waals surface area contributed by atoms with Crippen LogP contribution in [0.2, 0.25) is 0 Å². The quantitative estimate of drug-likeness (QED) is 0.735. The molecule has 29 heavy (non-hydrogen) atoms. The first-order valence-electron chi connectivity index (χ1n) is 10.9. The zero-order valence-electron chi connectivity index (χ0n) is 17.0. The van der Waals surface area contributed by atoms with Gasteiger partial charge in [-0.2, -0.15) is 0 Å². The Morgan fingerprint density at radius 3 is 2.69 bits per heavy atom. The van der Waals surface area contributed by atoms with Gasteiger partial charge in [0.25, 0.3) is 5.56 Å². The standard InChI is InChI=1S/C22H28N6O/c1-15-8-7-9-16-14-18(22(29)23-19(15)16)20(27-12-5-2-6-13-27)21-24-25-26-28(21)17-10-3-4-11-17/h7-9,14,17,20H,2-6,10-13H2,1H3,(H,23,29)/t20-/m0/s1. The predicted molar refractivity (Wildman–Crippen MR) is 112 cm³/mol. The molecule has 1 N–H and O–H groups in total. The zero-order valence-corrected chi connectivity index (χ0v) is 17.0. The third-order valence-electron chi connectivity index (χ3n) is 6.60. The molecule has 1 saturated carbocycles. The van der Waals surface area contributed by atoms with Gasteiger partial charge in [0.1, 0.15) is 6.04 Å². The Balaban J connectivity index is 1.66. The first-order valence-corrected chi connectivity index (χ1v) is 10.9. The second-order valence-electron chi connectivity index (χ2n) is 8.51. The van der Waals surface area contributed by atoms with Gasteiger partial charge in [-0.15, -0.1) is 5.10 Å². The number of aryl methyl sites for hydroxylation is 1. The minimum absolute atomic E-state index is 0.0386. The molecule has 1 aliphatic heterocycles. The minimum Gasteiger partial charge on any atom is -0.321 e. The van der Waals surface area contributed by atoms with Crippen molar-refractivity contribution in [2.75, 3.05) is 13.1 Å². The number of H-pyrrole nitrogens is 1. The number of tetrazole rings is 1. The first kappa shape index (κ1) is 18.5. The molecule has 1 aromatic carbocycles. The number of rotatable bonds is 4. The summed E-state index contributed by atoms with van der Waals surface area (Å²) in [5, 5.41) is 13.9. The van der Waals surface area contributed by atoms with Crippen LogP contribution in [0.25, 0.3) is 10.9 Å². The van der Waals surface area contributed by atoms with Crippen LogP contribution in [0.15, 0.2) is 29.1 Å². The summed E-state index contributed by atoms with van der Waals surface area (Å²) >= 11 is 0. The van der Waals surface area contributed by atoms with Gasteiger partial charge in [0, 0.05) is 5.56 Å². The minimum atomic E-state index is -0.209. The van der Waals surface area contributed by atoms with E-state index in [2.05, 4.69) is 31.5 Å². The van der Waals surface area contributed by atoms with E-state index in [1.807, 2.05) is 29.8 Å². The number of nitrogens with one attached hydrogen (secondary N) is 1. The van der Waals surface area contributed by atoms with E-state index in [1.165, 1.54) is 19.3 Å². The molecule has 0 unspecified atom stereocenters. The van der Waals surface area contributed by atoms with Gasteiger partial charge >= 0.3 is 0 Å². The van der Waals surface area contributed by atoms with Gasteiger partial charge in [-0.1, -0.05) is 37.5 Å². The van der Waals surface area contributed by atoms with E-state index in [-0.39, 0.29) is 11.6 Å². The number of piperidine rings is 1. The van der Waals surface area contributed by atoms with Crippen LogP contribution in [0, 0.1) is 6.92 Å². The van der Waals surface area contributed by atoms with Crippen molar-refractivity contribution < 1.29 is 0 Å². The van der Waals surface area contributed by atoms with Crippen molar-refractivity contribution >= 4 is 10.9 Å². The summed E-state index contributed by atoms with van der Waals surface area (Å²) in [7, 11) is 0. The number of benzene rings is 1. The van der Waals surface area contributed by atoms with Crippen LogP contribution in [0.1, 0.15) is 74.0 Å². The summed E-state index contributed by atoms with van der Waals surface area (Å²) < 4.78 is 2.01. The Bertz CT molecular complexity index is 1060. The van der Waals surface area contributed by atoms with E-state index in [4.69, 9.17) is 0 Å². The molecule has 0 bridgehead atoms. The maximum atomic E-state index is 13.2. The predicted octanol–water partition coefficient (Wildman–Crippen LogP) is 3.51. The molecule has 2 aromatic heterocycles. The van der Waals surface area contributed by atoms with Gasteiger partial charge in [-0.25, -0.2) is 4.68 Å². The topological polar surface area (TPSA) is 79.7 Å². The second-order valence-corrected chi connectivity index (χ2v) is 8.51. The van der Waals surface area contributed by atoms with Crippen molar-refractivity contribution in [3.8, 4) is 0 Å². The van der Waals surface area contributed by atoms with Crippen LogP contribution in [-0.2, 0) is 0 Å². The summed E-state index contributed by atoms with van der Waals surface area (Å²) in [6.07, 6.45) is 8.18. The third kappa shape index (κ3) is 3.37. The van der Waals surface area contributed by atoms with Crippen LogP contribution in [0.3, 0.4) is 0 Å². The Morgan fingerprint density at radius 1 is 1.10 bits per heavy atom. The lowest BCUT2D eigenvalue weighted by Gasteiger charge is -2.34. The van der Waals surface area contributed by atoms with E-state index in [9.17, 15) is 4.79 Å². The number of hydrogen-bond acceptors (Lipinski definition) is 5. The smallest absolute Gasteiger partial charge is 0.253 e. The van der Waals surface area contributed by atoms with Crippen LogP contribution < -0.4 is 5.56 Å². The molecule has 0 radical (unpaired) electrons. The SMILES string of the molecule is Cc1cccc2cc([C@@H](c3nnnn3C3CCCC3)N3CCCCC3)c(=O)[nH]c12.